The number of nitrogens with one attached hydrogen (secondary N) is 1. The number of thiophene rings is 1. The van der Waals surface area contributed by atoms with E-state index in [4.69, 9.17) is 0 Å². The summed E-state index contributed by atoms with van der Waals surface area (Å²) in [7, 11) is -3.41. The molecule has 0 bridgehead atoms. The van der Waals surface area contributed by atoms with Gasteiger partial charge in [-0.1, -0.05) is 0 Å². The second kappa shape index (κ2) is 5.08. The van der Waals surface area contributed by atoms with Gasteiger partial charge in [-0.25, -0.2) is 8.42 Å². The minimum absolute atomic E-state index is 0.0320. The van der Waals surface area contributed by atoms with Crippen LogP contribution < -0.4 is 5.32 Å². The van der Waals surface area contributed by atoms with Crippen molar-refractivity contribution >= 4 is 43.2 Å². The summed E-state index contributed by atoms with van der Waals surface area (Å²) in [5.41, 5.74) is -0.0320. The van der Waals surface area contributed by atoms with E-state index in [-0.39, 0.29) is 11.3 Å². The van der Waals surface area contributed by atoms with E-state index in [2.05, 4.69) is 21.2 Å². The summed E-state index contributed by atoms with van der Waals surface area (Å²) in [4.78, 5) is 11.4. The molecule has 2 aliphatic heterocycles. The number of hydrogen-bond acceptors (Lipinski definition) is 4. The fourth-order valence-electron chi connectivity index (χ4n) is 2.89. The molecule has 2 fully saturated rings. The molecular formula is C12H15BrN2O3S2. The van der Waals surface area contributed by atoms with Crippen molar-refractivity contribution in [3.8, 4) is 0 Å². The first-order valence-electron chi connectivity index (χ1n) is 6.43. The highest BCUT2D eigenvalue weighted by Gasteiger charge is 2.43. The summed E-state index contributed by atoms with van der Waals surface area (Å²) in [5.74, 6) is 0.0855. The molecule has 1 amide bonds. The Kier molecular flexibility index (Phi) is 3.68. The molecule has 0 aliphatic carbocycles. The normalized spacial score (nSPS) is 23.1. The lowest BCUT2D eigenvalue weighted by Gasteiger charge is -2.37. The van der Waals surface area contributed by atoms with E-state index < -0.39 is 10.0 Å². The average Bonchev–Trinajstić information content (AvgIpc) is 2.98. The van der Waals surface area contributed by atoms with Gasteiger partial charge in [0.1, 0.15) is 4.21 Å². The Labute approximate surface area is 130 Å². The minimum atomic E-state index is -3.41. The van der Waals surface area contributed by atoms with Gasteiger partial charge in [-0.2, -0.15) is 4.31 Å². The number of amides is 1. The summed E-state index contributed by atoms with van der Waals surface area (Å²) in [5, 5.41) is 4.62. The van der Waals surface area contributed by atoms with Gasteiger partial charge in [-0.15, -0.1) is 11.3 Å². The fourth-order valence-corrected chi connectivity index (χ4v) is 6.78. The molecule has 2 saturated heterocycles. The second-order valence-corrected chi connectivity index (χ2v) is 9.32. The average molecular weight is 379 g/mol. The van der Waals surface area contributed by atoms with E-state index in [9.17, 15) is 13.2 Å². The summed E-state index contributed by atoms with van der Waals surface area (Å²) < 4.78 is 27.7. The van der Waals surface area contributed by atoms with Crippen LogP contribution in [0.2, 0.25) is 0 Å². The van der Waals surface area contributed by atoms with Gasteiger partial charge in [0.05, 0.1) is 0 Å². The van der Waals surface area contributed by atoms with Crippen molar-refractivity contribution in [2.24, 2.45) is 5.41 Å². The highest BCUT2D eigenvalue weighted by molar-refractivity contribution is 9.10. The summed E-state index contributed by atoms with van der Waals surface area (Å²) in [6, 6.07) is 1.75. The highest BCUT2D eigenvalue weighted by atomic mass is 79.9. The number of sulfonamides is 1. The van der Waals surface area contributed by atoms with Gasteiger partial charge in [0, 0.05) is 30.5 Å². The Hall–Kier alpha value is -0.440. The zero-order valence-corrected chi connectivity index (χ0v) is 14.0. The van der Waals surface area contributed by atoms with Crippen molar-refractivity contribution in [2.45, 2.75) is 23.5 Å². The standard InChI is InChI=1S/C12H15BrN2O3S2/c13-9-1-6-19-11(9)20(17,18)15-4-2-12(3-5-15)7-10(16)14-8-12/h1,6H,2-5,7-8H2,(H,14,16). The van der Waals surface area contributed by atoms with E-state index in [0.717, 1.165) is 12.8 Å². The van der Waals surface area contributed by atoms with Crippen LogP contribution in [0.25, 0.3) is 0 Å². The minimum Gasteiger partial charge on any atom is -0.356 e. The van der Waals surface area contributed by atoms with Gasteiger partial charge in [-0.05, 0) is 45.6 Å². The van der Waals surface area contributed by atoms with Crippen LogP contribution in [0.4, 0.5) is 0 Å². The maximum absolute atomic E-state index is 12.6. The van der Waals surface area contributed by atoms with Crippen molar-refractivity contribution in [3.05, 3.63) is 15.9 Å². The largest absolute Gasteiger partial charge is 0.356 e. The van der Waals surface area contributed by atoms with E-state index in [0.29, 0.717) is 34.7 Å². The molecule has 0 radical (unpaired) electrons. The van der Waals surface area contributed by atoms with E-state index in [1.54, 1.807) is 11.4 Å². The molecular weight excluding hydrogens is 364 g/mol. The van der Waals surface area contributed by atoms with Crippen LogP contribution in [0, 0.1) is 5.41 Å². The Morgan fingerprint density at radius 1 is 1.35 bits per heavy atom. The van der Waals surface area contributed by atoms with Crippen LogP contribution in [0.15, 0.2) is 20.1 Å². The topological polar surface area (TPSA) is 66.5 Å². The third kappa shape index (κ3) is 2.43. The predicted molar refractivity (Wildman–Crippen MR) is 80.1 cm³/mol. The third-order valence-corrected chi connectivity index (χ3v) is 8.68. The van der Waals surface area contributed by atoms with Crippen molar-refractivity contribution in [2.75, 3.05) is 19.6 Å². The maximum atomic E-state index is 12.6. The van der Waals surface area contributed by atoms with Crippen molar-refractivity contribution < 1.29 is 13.2 Å². The fraction of sp³-hybridized carbons (Fsp3) is 0.583. The Bertz CT molecular complexity index is 633. The highest BCUT2D eigenvalue weighted by Crippen LogP contribution is 2.40. The van der Waals surface area contributed by atoms with Gasteiger partial charge in [0.15, 0.2) is 0 Å². The Morgan fingerprint density at radius 3 is 2.55 bits per heavy atom. The molecule has 2 aliphatic rings. The van der Waals surface area contributed by atoms with Crippen LogP contribution in [0.5, 0.6) is 0 Å². The molecule has 0 saturated carbocycles. The van der Waals surface area contributed by atoms with Gasteiger partial charge >= 0.3 is 0 Å². The molecule has 20 heavy (non-hydrogen) atoms. The molecule has 5 nitrogen and oxygen atoms in total. The molecule has 1 aromatic rings. The lowest BCUT2D eigenvalue weighted by Crippen LogP contribution is -2.43. The molecule has 1 aromatic heterocycles. The van der Waals surface area contributed by atoms with E-state index >= 15 is 0 Å². The van der Waals surface area contributed by atoms with Gasteiger partial charge in [0.2, 0.25) is 5.91 Å². The summed E-state index contributed by atoms with van der Waals surface area (Å²) in [6.07, 6.45) is 2.02. The Balaban J connectivity index is 1.75. The van der Waals surface area contributed by atoms with Crippen LogP contribution in [0.3, 0.4) is 0 Å². The number of halogens is 1. The summed E-state index contributed by atoms with van der Waals surface area (Å²) >= 11 is 4.52. The maximum Gasteiger partial charge on any atom is 0.253 e. The number of nitrogens with zero attached hydrogens (tertiary/aromatic N) is 1. The van der Waals surface area contributed by atoms with Crippen LogP contribution in [-0.4, -0.2) is 38.3 Å². The van der Waals surface area contributed by atoms with E-state index in [1.165, 1.54) is 15.6 Å². The van der Waals surface area contributed by atoms with Gasteiger partial charge in [0.25, 0.3) is 10.0 Å². The van der Waals surface area contributed by atoms with Crippen molar-refractivity contribution in [1.29, 1.82) is 0 Å². The number of piperidine rings is 1. The van der Waals surface area contributed by atoms with Crippen molar-refractivity contribution in [1.82, 2.24) is 9.62 Å². The third-order valence-electron chi connectivity index (χ3n) is 4.14. The number of rotatable bonds is 2. The van der Waals surface area contributed by atoms with Crippen molar-refractivity contribution in [3.63, 3.8) is 0 Å². The number of carbonyl (C=O) groups excluding carboxylic acids is 1. The molecule has 0 unspecified atom stereocenters. The first-order chi connectivity index (χ1) is 9.43. The molecule has 3 rings (SSSR count). The van der Waals surface area contributed by atoms with Crippen LogP contribution >= 0.6 is 27.3 Å². The smallest absolute Gasteiger partial charge is 0.253 e. The van der Waals surface area contributed by atoms with Crippen LogP contribution in [0.1, 0.15) is 19.3 Å². The van der Waals surface area contributed by atoms with Gasteiger partial charge in [-0.3, -0.25) is 4.79 Å². The second-order valence-electron chi connectivity index (χ2n) is 5.41. The molecule has 1 spiro atoms. The lowest BCUT2D eigenvalue weighted by atomic mass is 9.78. The van der Waals surface area contributed by atoms with E-state index in [1.807, 2.05) is 0 Å². The molecule has 1 N–H and O–H groups in total. The molecule has 0 atom stereocenters. The molecule has 110 valence electrons. The number of hydrogen-bond donors (Lipinski definition) is 1. The lowest BCUT2D eigenvalue weighted by molar-refractivity contribution is -0.119. The monoisotopic (exact) mass is 378 g/mol. The molecule has 0 aromatic carbocycles. The number of carbonyl (C=O) groups is 1. The quantitative estimate of drug-likeness (QED) is 0.852. The first kappa shape index (κ1) is 14.5. The first-order valence-corrected chi connectivity index (χ1v) is 9.54. The molecule has 8 heteroatoms. The van der Waals surface area contributed by atoms with Gasteiger partial charge < -0.3 is 5.32 Å². The van der Waals surface area contributed by atoms with Crippen LogP contribution in [-0.2, 0) is 14.8 Å². The zero-order chi connectivity index (χ0) is 14.4. The molecule has 3 heterocycles. The predicted octanol–water partition coefficient (Wildman–Crippen LogP) is 1.80. The summed E-state index contributed by atoms with van der Waals surface area (Å²) in [6.45, 7) is 1.66. The SMILES string of the molecule is O=C1CC2(CCN(S(=O)(=O)c3sccc3Br)CC2)CN1. The Morgan fingerprint density at radius 2 is 2.05 bits per heavy atom. The zero-order valence-electron chi connectivity index (χ0n) is 10.8.